The fourth-order valence-electron chi connectivity index (χ4n) is 2.87. The van der Waals surface area contributed by atoms with Crippen LogP contribution in [0.5, 0.6) is 5.75 Å². The molecule has 0 bridgehead atoms. The number of nitrogens with one attached hydrogen (secondary N) is 1. The fourth-order valence-corrected chi connectivity index (χ4v) is 3.70. The van der Waals surface area contributed by atoms with Crippen LogP contribution in [-0.4, -0.2) is 34.6 Å². The minimum absolute atomic E-state index is 0.0716. The van der Waals surface area contributed by atoms with E-state index in [9.17, 15) is 14.4 Å². The van der Waals surface area contributed by atoms with Crippen LogP contribution in [0.25, 0.3) is 6.08 Å². The molecule has 7 heteroatoms. The minimum Gasteiger partial charge on any atom is -0.491 e. The normalized spacial score (nSPS) is 15.2. The highest BCUT2D eigenvalue weighted by Gasteiger charge is 2.36. The Hall–Kier alpha value is -3.06. The zero-order chi connectivity index (χ0) is 21.8. The van der Waals surface area contributed by atoms with Gasteiger partial charge >= 0.3 is 0 Å². The summed E-state index contributed by atoms with van der Waals surface area (Å²) in [6, 6.07) is 12.8. The second-order valence-electron chi connectivity index (χ2n) is 7.35. The molecule has 0 unspecified atom stereocenters. The summed E-state index contributed by atoms with van der Waals surface area (Å²) in [6.07, 6.45) is 1.72. The number of aryl methyl sites for hydroxylation is 2. The van der Waals surface area contributed by atoms with Gasteiger partial charge in [-0.2, -0.15) is 0 Å². The van der Waals surface area contributed by atoms with Crippen molar-refractivity contribution in [3.05, 3.63) is 64.1 Å². The van der Waals surface area contributed by atoms with E-state index in [1.165, 1.54) is 0 Å². The highest BCUT2D eigenvalue weighted by Crippen LogP contribution is 2.32. The number of benzene rings is 2. The lowest BCUT2D eigenvalue weighted by Crippen LogP contribution is -2.36. The molecule has 2 aromatic carbocycles. The number of amides is 3. The molecular weight excluding hydrogens is 400 g/mol. The maximum atomic E-state index is 12.6. The van der Waals surface area contributed by atoms with Gasteiger partial charge in [-0.1, -0.05) is 18.2 Å². The fraction of sp³-hybridized carbons (Fsp3) is 0.261. The predicted molar refractivity (Wildman–Crippen MR) is 119 cm³/mol. The Morgan fingerprint density at radius 1 is 1.10 bits per heavy atom. The molecule has 0 saturated carbocycles. The molecule has 1 aliphatic rings. The number of carbonyl (C=O) groups is 3. The Morgan fingerprint density at radius 2 is 1.80 bits per heavy atom. The van der Waals surface area contributed by atoms with Crippen molar-refractivity contribution in [3.8, 4) is 5.75 Å². The maximum absolute atomic E-state index is 12.6. The van der Waals surface area contributed by atoms with Crippen molar-refractivity contribution in [2.45, 2.75) is 33.8 Å². The van der Waals surface area contributed by atoms with Gasteiger partial charge < -0.3 is 10.1 Å². The average molecular weight is 425 g/mol. The van der Waals surface area contributed by atoms with Crippen LogP contribution in [0.3, 0.4) is 0 Å². The van der Waals surface area contributed by atoms with Gasteiger partial charge in [0.05, 0.1) is 11.0 Å². The van der Waals surface area contributed by atoms with Crippen LogP contribution < -0.4 is 10.1 Å². The lowest BCUT2D eigenvalue weighted by Gasteiger charge is -2.13. The van der Waals surface area contributed by atoms with Gasteiger partial charge in [-0.25, -0.2) is 0 Å². The van der Waals surface area contributed by atoms with E-state index < -0.39 is 17.1 Å². The Kier molecular flexibility index (Phi) is 6.62. The highest BCUT2D eigenvalue weighted by atomic mass is 32.2. The topological polar surface area (TPSA) is 75.7 Å². The first-order chi connectivity index (χ1) is 14.2. The van der Waals surface area contributed by atoms with E-state index in [-0.39, 0.29) is 17.6 Å². The van der Waals surface area contributed by atoms with Crippen LogP contribution in [0.15, 0.2) is 47.4 Å². The van der Waals surface area contributed by atoms with Gasteiger partial charge in [-0.3, -0.25) is 19.3 Å². The van der Waals surface area contributed by atoms with Gasteiger partial charge in [0, 0.05) is 5.69 Å². The maximum Gasteiger partial charge on any atom is 0.294 e. The summed E-state index contributed by atoms with van der Waals surface area (Å²) < 4.78 is 5.60. The van der Waals surface area contributed by atoms with Crippen LogP contribution in [0.4, 0.5) is 10.5 Å². The number of thioether (sulfide) groups is 1. The Morgan fingerprint density at radius 3 is 2.43 bits per heavy atom. The third-order valence-electron chi connectivity index (χ3n) is 4.52. The summed E-state index contributed by atoms with van der Waals surface area (Å²) in [5.74, 6) is -0.155. The zero-order valence-corrected chi connectivity index (χ0v) is 18.2. The number of rotatable bonds is 6. The second-order valence-corrected chi connectivity index (χ2v) is 8.34. The SMILES string of the molecule is Cc1ccc(NC(=O)CN2C(=O)S/C(=C\c3ccc(OC(C)C)cc3)C2=O)cc1C. The largest absolute Gasteiger partial charge is 0.491 e. The third kappa shape index (κ3) is 5.30. The number of ether oxygens (including phenoxy) is 1. The van der Waals surface area contributed by atoms with Gasteiger partial charge in [0.2, 0.25) is 5.91 Å². The molecule has 0 atom stereocenters. The molecule has 156 valence electrons. The Labute approximate surface area is 180 Å². The van der Waals surface area contributed by atoms with Gasteiger partial charge in [0.1, 0.15) is 12.3 Å². The van der Waals surface area contributed by atoms with E-state index in [1.54, 1.807) is 12.1 Å². The molecular formula is C23H24N2O4S. The molecule has 2 aromatic rings. The first-order valence-corrected chi connectivity index (χ1v) is 10.4. The van der Waals surface area contributed by atoms with E-state index in [2.05, 4.69) is 5.32 Å². The van der Waals surface area contributed by atoms with Crippen LogP contribution in [0.2, 0.25) is 0 Å². The van der Waals surface area contributed by atoms with Crippen LogP contribution in [0.1, 0.15) is 30.5 Å². The van der Waals surface area contributed by atoms with Crippen molar-refractivity contribution in [3.63, 3.8) is 0 Å². The van der Waals surface area contributed by atoms with Crippen molar-refractivity contribution in [1.29, 1.82) is 0 Å². The van der Waals surface area contributed by atoms with Crippen molar-refractivity contribution in [1.82, 2.24) is 4.90 Å². The lowest BCUT2D eigenvalue weighted by atomic mass is 10.1. The smallest absolute Gasteiger partial charge is 0.294 e. The first-order valence-electron chi connectivity index (χ1n) is 9.62. The minimum atomic E-state index is -0.470. The molecule has 1 N–H and O–H groups in total. The average Bonchev–Trinajstić information content (AvgIpc) is 2.93. The van der Waals surface area contributed by atoms with E-state index in [0.29, 0.717) is 5.69 Å². The van der Waals surface area contributed by atoms with Gasteiger partial charge in [0.15, 0.2) is 0 Å². The number of nitrogens with zero attached hydrogens (tertiary/aromatic N) is 1. The van der Waals surface area contributed by atoms with E-state index >= 15 is 0 Å². The molecule has 1 fully saturated rings. The molecule has 3 rings (SSSR count). The number of imide groups is 1. The Balaban J connectivity index is 1.65. The molecule has 0 radical (unpaired) electrons. The molecule has 1 aliphatic heterocycles. The van der Waals surface area contributed by atoms with E-state index in [1.807, 2.05) is 64.1 Å². The predicted octanol–water partition coefficient (Wildman–Crippen LogP) is 4.77. The molecule has 6 nitrogen and oxygen atoms in total. The quantitative estimate of drug-likeness (QED) is 0.677. The molecule has 30 heavy (non-hydrogen) atoms. The lowest BCUT2D eigenvalue weighted by molar-refractivity contribution is -0.127. The van der Waals surface area contributed by atoms with Crippen LogP contribution in [-0.2, 0) is 9.59 Å². The monoisotopic (exact) mass is 424 g/mol. The van der Waals surface area contributed by atoms with Crippen molar-refractivity contribution in [2.24, 2.45) is 0 Å². The van der Waals surface area contributed by atoms with Gasteiger partial charge in [-0.15, -0.1) is 0 Å². The van der Waals surface area contributed by atoms with E-state index in [4.69, 9.17) is 4.74 Å². The summed E-state index contributed by atoms with van der Waals surface area (Å²) >= 11 is 0.831. The molecule has 0 aromatic heterocycles. The molecule has 1 heterocycles. The molecule has 0 spiro atoms. The number of hydrogen-bond acceptors (Lipinski definition) is 5. The van der Waals surface area contributed by atoms with Gasteiger partial charge in [-0.05, 0) is 86.5 Å². The van der Waals surface area contributed by atoms with Crippen molar-refractivity contribution in [2.75, 3.05) is 11.9 Å². The summed E-state index contributed by atoms with van der Waals surface area (Å²) in [4.78, 5) is 38.5. The van der Waals surface area contributed by atoms with Crippen molar-refractivity contribution < 1.29 is 19.1 Å². The molecule has 1 saturated heterocycles. The number of hydrogen-bond donors (Lipinski definition) is 1. The van der Waals surface area contributed by atoms with Crippen LogP contribution in [0, 0.1) is 13.8 Å². The second kappa shape index (κ2) is 9.17. The number of anilines is 1. The number of carbonyl (C=O) groups excluding carboxylic acids is 3. The third-order valence-corrected chi connectivity index (χ3v) is 5.42. The summed E-state index contributed by atoms with van der Waals surface area (Å²) in [5, 5.41) is 2.28. The first kappa shape index (κ1) is 21.6. The summed E-state index contributed by atoms with van der Waals surface area (Å²) in [5.41, 5.74) is 3.57. The highest BCUT2D eigenvalue weighted by molar-refractivity contribution is 8.18. The zero-order valence-electron chi connectivity index (χ0n) is 17.4. The Bertz CT molecular complexity index is 1010. The van der Waals surface area contributed by atoms with E-state index in [0.717, 1.165) is 39.1 Å². The van der Waals surface area contributed by atoms with Crippen LogP contribution >= 0.6 is 11.8 Å². The summed E-state index contributed by atoms with van der Waals surface area (Å²) in [6.45, 7) is 7.50. The molecule has 3 amide bonds. The van der Waals surface area contributed by atoms with Gasteiger partial charge in [0.25, 0.3) is 11.1 Å². The van der Waals surface area contributed by atoms with Crippen molar-refractivity contribution >= 4 is 40.6 Å². The summed E-state index contributed by atoms with van der Waals surface area (Å²) in [7, 11) is 0. The standard InChI is InChI=1S/C23H24N2O4S/c1-14(2)29-19-9-6-17(7-10-19)12-20-22(27)25(23(28)30-20)13-21(26)24-18-8-5-15(3)16(4)11-18/h5-12,14H,13H2,1-4H3,(H,24,26)/b20-12-. The molecule has 0 aliphatic carbocycles.